The van der Waals surface area contributed by atoms with Crippen LogP contribution in [0.25, 0.3) is 10.9 Å². The van der Waals surface area contributed by atoms with E-state index in [1.807, 2.05) is 37.3 Å². The van der Waals surface area contributed by atoms with Gasteiger partial charge in [-0.1, -0.05) is 24.3 Å². The molecule has 0 fully saturated rings. The lowest BCUT2D eigenvalue weighted by atomic mass is 10.1. The molecule has 0 spiro atoms. The number of aromatic nitrogens is 4. The fraction of sp³-hybridized carbons (Fsp3) is 0.105. The minimum atomic E-state index is -1.07. The average Bonchev–Trinajstić information content (AvgIpc) is 3.06. The van der Waals surface area contributed by atoms with Crippen LogP contribution < -0.4 is 5.32 Å². The maximum Gasteiger partial charge on any atom is 0.164 e. The number of benzene rings is 2. The van der Waals surface area contributed by atoms with E-state index in [1.165, 1.54) is 24.3 Å². The van der Waals surface area contributed by atoms with Crippen molar-refractivity contribution < 1.29 is 9.50 Å². The minimum Gasteiger partial charge on any atom is -0.380 e. The number of hydrogen-bond acceptors (Lipinski definition) is 5. The Morgan fingerprint density at radius 3 is 2.52 bits per heavy atom. The second kappa shape index (κ2) is 7.69. The number of para-hydroxylation sites is 1. The SMILES string of the molecule is Cc1cc(Nc2nc(C(O)c3ccc(F)cc3)nc3ccccc23)n[nH]1.Cl. The van der Waals surface area contributed by atoms with Gasteiger partial charge in [-0.25, -0.2) is 14.4 Å². The molecule has 1 unspecified atom stereocenters. The molecule has 1 atom stereocenters. The van der Waals surface area contributed by atoms with Crippen molar-refractivity contribution in [1.29, 1.82) is 0 Å². The van der Waals surface area contributed by atoms with Gasteiger partial charge >= 0.3 is 0 Å². The lowest BCUT2D eigenvalue weighted by Gasteiger charge is -2.13. The van der Waals surface area contributed by atoms with Crippen molar-refractivity contribution in [2.24, 2.45) is 0 Å². The number of rotatable bonds is 4. The molecule has 4 aromatic rings. The van der Waals surface area contributed by atoms with Crippen LogP contribution in [0, 0.1) is 12.7 Å². The van der Waals surface area contributed by atoms with Crippen LogP contribution in [0.1, 0.15) is 23.2 Å². The summed E-state index contributed by atoms with van der Waals surface area (Å²) in [4.78, 5) is 8.94. The summed E-state index contributed by atoms with van der Waals surface area (Å²) in [6.45, 7) is 1.90. The highest BCUT2D eigenvalue weighted by atomic mass is 35.5. The smallest absolute Gasteiger partial charge is 0.164 e. The Hall–Kier alpha value is -3.03. The molecule has 3 N–H and O–H groups in total. The van der Waals surface area contributed by atoms with E-state index in [0.717, 1.165) is 11.1 Å². The van der Waals surface area contributed by atoms with Gasteiger partial charge in [0.05, 0.1) is 5.52 Å². The van der Waals surface area contributed by atoms with Crippen LogP contribution in [-0.2, 0) is 0 Å². The number of nitrogens with one attached hydrogen (secondary N) is 2. The van der Waals surface area contributed by atoms with Gasteiger partial charge in [0, 0.05) is 17.1 Å². The van der Waals surface area contributed by atoms with Crippen LogP contribution in [0.15, 0.2) is 54.6 Å². The summed E-state index contributed by atoms with van der Waals surface area (Å²) < 4.78 is 13.1. The van der Waals surface area contributed by atoms with Crippen molar-refractivity contribution in [2.75, 3.05) is 5.32 Å². The minimum absolute atomic E-state index is 0. The van der Waals surface area contributed by atoms with Gasteiger partial charge < -0.3 is 10.4 Å². The van der Waals surface area contributed by atoms with Gasteiger partial charge in [-0.15, -0.1) is 12.4 Å². The number of fused-ring (bicyclic) bond motifs is 1. The van der Waals surface area contributed by atoms with E-state index >= 15 is 0 Å². The standard InChI is InChI=1S/C19H16FN5O.ClH/c1-11-10-16(25-24-11)22-18-14-4-2-3-5-15(14)21-19(23-18)17(26)12-6-8-13(20)9-7-12;/h2-10,17,26H,1H3,(H2,21,22,23,24,25);1H. The molecule has 4 rings (SSSR count). The molecule has 0 saturated heterocycles. The lowest BCUT2D eigenvalue weighted by molar-refractivity contribution is 0.210. The van der Waals surface area contributed by atoms with Crippen LogP contribution in [0.4, 0.5) is 16.0 Å². The fourth-order valence-corrected chi connectivity index (χ4v) is 2.71. The first-order chi connectivity index (χ1) is 12.6. The third kappa shape index (κ3) is 3.89. The van der Waals surface area contributed by atoms with E-state index in [1.54, 1.807) is 0 Å². The third-order valence-corrected chi connectivity index (χ3v) is 4.00. The van der Waals surface area contributed by atoms with Crippen molar-refractivity contribution in [3.05, 3.63) is 77.5 Å². The zero-order chi connectivity index (χ0) is 18.1. The number of aromatic amines is 1. The van der Waals surface area contributed by atoms with E-state index in [4.69, 9.17) is 0 Å². The first-order valence-electron chi connectivity index (χ1n) is 8.09. The predicted octanol–water partition coefficient (Wildman–Crippen LogP) is 4.05. The van der Waals surface area contributed by atoms with E-state index < -0.39 is 6.10 Å². The van der Waals surface area contributed by atoms with Crippen molar-refractivity contribution in [1.82, 2.24) is 20.2 Å². The van der Waals surface area contributed by atoms with E-state index in [0.29, 0.717) is 22.7 Å². The second-order valence-corrected chi connectivity index (χ2v) is 5.96. The molecule has 0 aliphatic rings. The topological polar surface area (TPSA) is 86.7 Å². The van der Waals surface area contributed by atoms with Crippen LogP contribution >= 0.6 is 12.4 Å². The predicted molar refractivity (Wildman–Crippen MR) is 104 cm³/mol. The van der Waals surface area contributed by atoms with E-state index in [2.05, 4.69) is 25.5 Å². The van der Waals surface area contributed by atoms with E-state index in [9.17, 15) is 9.50 Å². The summed E-state index contributed by atoms with van der Waals surface area (Å²) in [6.07, 6.45) is -1.07. The highest BCUT2D eigenvalue weighted by molar-refractivity contribution is 5.90. The number of aryl methyl sites for hydroxylation is 1. The number of aliphatic hydroxyl groups excluding tert-OH is 1. The quantitative estimate of drug-likeness (QED) is 0.493. The summed E-state index contributed by atoms with van der Waals surface area (Å²) in [5, 5.41) is 21.6. The molecular formula is C19H17ClFN5O. The Bertz CT molecular complexity index is 1070. The van der Waals surface area contributed by atoms with Crippen molar-refractivity contribution in [2.45, 2.75) is 13.0 Å². The lowest BCUT2D eigenvalue weighted by Crippen LogP contribution is -2.08. The second-order valence-electron chi connectivity index (χ2n) is 5.96. The Morgan fingerprint density at radius 1 is 1.07 bits per heavy atom. The molecule has 0 aliphatic heterocycles. The summed E-state index contributed by atoms with van der Waals surface area (Å²) in [7, 11) is 0. The van der Waals surface area contributed by atoms with E-state index in [-0.39, 0.29) is 24.0 Å². The summed E-state index contributed by atoms with van der Waals surface area (Å²) in [5.41, 5.74) is 2.12. The highest BCUT2D eigenvalue weighted by Crippen LogP contribution is 2.27. The van der Waals surface area contributed by atoms with Crippen LogP contribution in [0.2, 0.25) is 0 Å². The molecule has 0 radical (unpaired) electrons. The number of nitrogens with zero attached hydrogens (tertiary/aromatic N) is 3. The molecule has 0 saturated carbocycles. The molecule has 0 bridgehead atoms. The number of H-pyrrole nitrogens is 1. The van der Waals surface area contributed by atoms with Crippen molar-refractivity contribution in [3.63, 3.8) is 0 Å². The van der Waals surface area contributed by atoms with Gasteiger partial charge in [-0.3, -0.25) is 5.10 Å². The van der Waals surface area contributed by atoms with Crippen LogP contribution in [0.5, 0.6) is 0 Å². The molecule has 8 heteroatoms. The molecule has 2 aromatic heterocycles. The maximum absolute atomic E-state index is 13.1. The number of hydrogen-bond donors (Lipinski definition) is 3. The normalized spacial score (nSPS) is 11.8. The Labute approximate surface area is 160 Å². The van der Waals surface area contributed by atoms with Gasteiger partial charge in [-0.05, 0) is 36.8 Å². The zero-order valence-corrected chi connectivity index (χ0v) is 15.2. The monoisotopic (exact) mass is 385 g/mol. The Balaban J connectivity index is 0.00000210. The van der Waals surface area contributed by atoms with Gasteiger partial charge in [0.25, 0.3) is 0 Å². The molecular weight excluding hydrogens is 369 g/mol. The largest absolute Gasteiger partial charge is 0.380 e. The fourth-order valence-electron chi connectivity index (χ4n) is 2.71. The molecule has 2 aromatic carbocycles. The highest BCUT2D eigenvalue weighted by Gasteiger charge is 2.17. The average molecular weight is 386 g/mol. The number of halogens is 2. The van der Waals surface area contributed by atoms with Crippen LogP contribution in [0.3, 0.4) is 0 Å². The first kappa shape index (κ1) is 18.8. The van der Waals surface area contributed by atoms with Gasteiger partial charge in [-0.2, -0.15) is 5.10 Å². The summed E-state index contributed by atoms with van der Waals surface area (Å²) >= 11 is 0. The summed E-state index contributed by atoms with van der Waals surface area (Å²) in [6, 6.07) is 15.0. The molecule has 0 aliphatic carbocycles. The third-order valence-electron chi connectivity index (χ3n) is 4.00. The van der Waals surface area contributed by atoms with Crippen LogP contribution in [-0.4, -0.2) is 25.3 Å². The van der Waals surface area contributed by atoms with Crippen molar-refractivity contribution >= 4 is 34.9 Å². The Morgan fingerprint density at radius 2 is 1.81 bits per heavy atom. The molecule has 6 nitrogen and oxygen atoms in total. The zero-order valence-electron chi connectivity index (χ0n) is 14.3. The molecule has 138 valence electrons. The maximum atomic E-state index is 13.1. The summed E-state index contributed by atoms with van der Waals surface area (Å²) in [5.74, 6) is 1.02. The number of aliphatic hydroxyl groups is 1. The molecule has 2 heterocycles. The van der Waals surface area contributed by atoms with Crippen molar-refractivity contribution in [3.8, 4) is 0 Å². The number of anilines is 2. The molecule has 0 amide bonds. The first-order valence-corrected chi connectivity index (χ1v) is 8.09. The van der Waals surface area contributed by atoms with Gasteiger partial charge in [0.1, 0.15) is 17.7 Å². The molecule has 27 heavy (non-hydrogen) atoms. The Kier molecular flexibility index (Phi) is 5.34. The van der Waals surface area contributed by atoms with Gasteiger partial charge in [0.15, 0.2) is 11.6 Å². The van der Waals surface area contributed by atoms with Gasteiger partial charge in [0.2, 0.25) is 0 Å².